The average molecular weight is 295 g/mol. The summed E-state index contributed by atoms with van der Waals surface area (Å²) in [5.74, 6) is -0.295. The molecular weight excluding hydrogens is 273 g/mol. The van der Waals surface area contributed by atoms with Crippen molar-refractivity contribution in [2.75, 3.05) is 37.4 Å². The standard InChI is InChI=1S/C15H22FN3O2/c1-3-21-14-8-13(12(17)7-11(14)16)19-6-4-5-10(9-19)15(20)18-2/h7-8,10H,3-6,9,17H2,1-2H3,(H,18,20). The Bertz CT molecular complexity index is 522. The summed E-state index contributed by atoms with van der Waals surface area (Å²) in [5, 5.41) is 2.68. The van der Waals surface area contributed by atoms with Crippen molar-refractivity contribution >= 4 is 17.3 Å². The molecule has 2 rings (SSSR count). The number of ether oxygens (including phenoxy) is 1. The number of amides is 1. The Labute approximate surface area is 124 Å². The summed E-state index contributed by atoms with van der Waals surface area (Å²) in [7, 11) is 1.64. The summed E-state index contributed by atoms with van der Waals surface area (Å²) in [6.45, 7) is 3.58. The topological polar surface area (TPSA) is 67.6 Å². The molecule has 6 heteroatoms. The molecule has 1 amide bonds. The molecule has 0 aromatic heterocycles. The average Bonchev–Trinajstić information content (AvgIpc) is 2.49. The number of benzene rings is 1. The summed E-state index contributed by atoms with van der Waals surface area (Å²) in [5.41, 5.74) is 7.03. The molecular formula is C15H22FN3O2. The Morgan fingerprint density at radius 2 is 2.33 bits per heavy atom. The summed E-state index contributed by atoms with van der Waals surface area (Å²) in [4.78, 5) is 13.8. The van der Waals surface area contributed by atoms with Crippen LogP contribution in [0.15, 0.2) is 12.1 Å². The van der Waals surface area contributed by atoms with E-state index in [9.17, 15) is 9.18 Å². The molecule has 1 aliphatic rings. The molecule has 0 saturated carbocycles. The zero-order valence-corrected chi connectivity index (χ0v) is 12.5. The van der Waals surface area contributed by atoms with Gasteiger partial charge in [0.1, 0.15) is 0 Å². The molecule has 1 aromatic carbocycles. The molecule has 0 bridgehead atoms. The van der Waals surface area contributed by atoms with Gasteiger partial charge in [0.05, 0.1) is 23.9 Å². The van der Waals surface area contributed by atoms with E-state index in [2.05, 4.69) is 5.32 Å². The van der Waals surface area contributed by atoms with E-state index in [1.165, 1.54) is 6.07 Å². The maximum absolute atomic E-state index is 13.8. The minimum atomic E-state index is -0.460. The predicted molar refractivity (Wildman–Crippen MR) is 81.0 cm³/mol. The van der Waals surface area contributed by atoms with E-state index in [1.54, 1.807) is 20.0 Å². The Kier molecular flexibility index (Phi) is 4.88. The minimum absolute atomic E-state index is 0.0328. The number of carbonyl (C=O) groups excluding carboxylic acids is 1. The van der Waals surface area contributed by atoms with Crippen molar-refractivity contribution in [2.24, 2.45) is 5.92 Å². The fourth-order valence-electron chi connectivity index (χ4n) is 2.71. The van der Waals surface area contributed by atoms with Gasteiger partial charge in [-0.25, -0.2) is 4.39 Å². The number of carbonyl (C=O) groups is 1. The van der Waals surface area contributed by atoms with Gasteiger partial charge in [0.15, 0.2) is 11.6 Å². The first-order valence-electron chi connectivity index (χ1n) is 7.25. The summed E-state index contributed by atoms with van der Waals surface area (Å²) < 4.78 is 19.0. The number of nitrogen functional groups attached to an aromatic ring is 1. The molecule has 1 aromatic rings. The molecule has 1 saturated heterocycles. The second kappa shape index (κ2) is 6.65. The van der Waals surface area contributed by atoms with Gasteiger partial charge in [0.25, 0.3) is 0 Å². The highest BCUT2D eigenvalue weighted by Gasteiger charge is 2.26. The quantitative estimate of drug-likeness (QED) is 0.831. The Balaban J connectivity index is 2.24. The predicted octanol–water partition coefficient (Wildman–Crippen LogP) is 1.77. The summed E-state index contributed by atoms with van der Waals surface area (Å²) in [6.07, 6.45) is 1.76. The van der Waals surface area contributed by atoms with Crippen LogP contribution in [0.5, 0.6) is 5.75 Å². The van der Waals surface area contributed by atoms with E-state index in [1.807, 2.05) is 4.90 Å². The molecule has 1 fully saturated rings. The van der Waals surface area contributed by atoms with Crippen LogP contribution in [0.2, 0.25) is 0 Å². The van der Waals surface area contributed by atoms with Crippen LogP contribution in [0.1, 0.15) is 19.8 Å². The molecule has 0 radical (unpaired) electrons. The van der Waals surface area contributed by atoms with Gasteiger partial charge in [-0.2, -0.15) is 0 Å². The van der Waals surface area contributed by atoms with E-state index in [4.69, 9.17) is 10.5 Å². The molecule has 5 nitrogen and oxygen atoms in total. The lowest BCUT2D eigenvalue weighted by atomic mass is 9.96. The third-order valence-corrected chi connectivity index (χ3v) is 3.76. The maximum Gasteiger partial charge on any atom is 0.224 e. The van der Waals surface area contributed by atoms with E-state index in [0.29, 0.717) is 18.8 Å². The van der Waals surface area contributed by atoms with E-state index in [0.717, 1.165) is 25.1 Å². The van der Waals surface area contributed by atoms with Crippen LogP contribution < -0.4 is 20.7 Å². The van der Waals surface area contributed by atoms with Gasteiger partial charge in [-0.1, -0.05) is 0 Å². The highest BCUT2D eigenvalue weighted by atomic mass is 19.1. The van der Waals surface area contributed by atoms with Gasteiger partial charge in [-0.15, -0.1) is 0 Å². The van der Waals surface area contributed by atoms with Crippen LogP contribution in [-0.4, -0.2) is 32.7 Å². The zero-order valence-electron chi connectivity index (χ0n) is 12.5. The van der Waals surface area contributed by atoms with Crippen molar-refractivity contribution in [3.63, 3.8) is 0 Å². The fourth-order valence-corrected chi connectivity index (χ4v) is 2.71. The lowest BCUT2D eigenvalue weighted by Crippen LogP contribution is -2.42. The highest BCUT2D eigenvalue weighted by molar-refractivity contribution is 5.80. The molecule has 3 N–H and O–H groups in total. The van der Waals surface area contributed by atoms with Gasteiger partial charge < -0.3 is 20.7 Å². The highest BCUT2D eigenvalue weighted by Crippen LogP contribution is 2.33. The van der Waals surface area contributed by atoms with Crippen molar-refractivity contribution in [3.05, 3.63) is 17.9 Å². The smallest absolute Gasteiger partial charge is 0.224 e. The second-order valence-electron chi connectivity index (χ2n) is 5.17. The molecule has 1 heterocycles. The van der Waals surface area contributed by atoms with Gasteiger partial charge in [-0.3, -0.25) is 4.79 Å². The molecule has 21 heavy (non-hydrogen) atoms. The van der Waals surface area contributed by atoms with Crippen molar-refractivity contribution in [1.82, 2.24) is 5.32 Å². The Hall–Kier alpha value is -1.98. The lowest BCUT2D eigenvalue weighted by molar-refractivity contribution is -0.124. The van der Waals surface area contributed by atoms with Crippen molar-refractivity contribution in [3.8, 4) is 5.75 Å². The van der Waals surface area contributed by atoms with Crippen LogP contribution in [0.3, 0.4) is 0 Å². The largest absolute Gasteiger partial charge is 0.491 e. The van der Waals surface area contributed by atoms with Crippen LogP contribution >= 0.6 is 0 Å². The zero-order chi connectivity index (χ0) is 15.4. The number of halogens is 1. The van der Waals surface area contributed by atoms with Gasteiger partial charge >= 0.3 is 0 Å². The van der Waals surface area contributed by atoms with E-state index < -0.39 is 5.82 Å². The molecule has 0 spiro atoms. The molecule has 1 atom stereocenters. The number of piperidine rings is 1. The minimum Gasteiger partial charge on any atom is -0.491 e. The van der Waals surface area contributed by atoms with E-state index in [-0.39, 0.29) is 17.6 Å². The van der Waals surface area contributed by atoms with Crippen molar-refractivity contribution < 1.29 is 13.9 Å². The first kappa shape index (κ1) is 15.4. The van der Waals surface area contributed by atoms with Crippen LogP contribution in [0.25, 0.3) is 0 Å². The SMILES string of the molecule is CCOc1cc(N2CCCC(C(=O)NC)C2)c(N)cc1F. The first-order chi connectivity index (χ1) is 10.1. The molecule has 0 aliphatic carbocycles. The van der Waals surface area contributed by atoms with Gasteiger partial charge in [0.2, 0.25) is 5.91 Å². The van der Waals surface area contributed by atoms with Crippen molar-refractivity contribution in [2.45, 2.75) is 19.8 Å². The lowest BCUT2D eigenvalue weighted by Gasteiger charge is -2.34. The Morgan fingerprint density at radius 3 is 3.00 bits per heavy atom. The normalized spacial score (nSPS) is 18.4. The number of hydrogen-bond acceptors (Lipinski definition) is 4. The second-order valence-corrected chi connectivity index (χ2v) is 5.17. The number of nitrogens with zero attached hydrogens (tertiary/aromatic N) is 1. The number of hydrogen-bond donors (Lipinski definition) is 2. The van der Waals surface area contributed by atoms with E-state index >= 15 is 0 Å². The number of nitrogens with two attached hydrogens (primary N) is 1. The molecule has 1 unspecified atom stereocenters. The Morgan fingerprint density at radius 1 is 1.57 bits per heavy atom. The third-order valence-electron chi connectivity index (χ3n) is 3.76. The first-order valence-corrected chi connectivity index (χ1v) is 7.25. The maximum atomic E-state index is 13.8. The number of rotatable bonds is 4. The number of nitrogens with one attached hydrogen (secondary N) is 1. The monoisotopic (exact) mass is 295 g/mol. The van der Waals surface area contributed by atoms with Crippen molar-refractivity contribution in [1.29, 1.82) is 0 Å². The fraction of sp³-hybridized carbons (Fsp3) is 0.533. The van der Waals surface area contributed by atoms with Gasteiger partial charge in [0, 0.05) is 32.3 Å². The van der Waals surface area contributed by atoms with Gasteiger partial charge in [-0.05, 0) is 19.8 Å². The van der Waals surface area contributed by atoms with Crippen LogP contribution in [-0.2, 0) is 4.79 Å². The summed E-state index contributed by atoms with van der Waals surface area (Å²) in [6, 6.07) is 2.91. The van der Waals surface area contributed by atoms with Crippen LogP contribution in [0, 0.1) is 11.7 Å². The molecule has 1 aliphatic heterocycles. The van der Waals surface area contributed by atoms with Crippen LogP contribution in [0.4, 0.5) is 15.8 Å². The summed E-state index contributed by atoms with van der Waals surface area (Å²) >= 11 is 0. The molecule has 116 valence electrons. The third kappa shape index (κ3) is 3.37. The number of anilines is 2.